The first kappa shape index (κ1) is 19.5. The van der Waals surface area contributed by atoms with Gasteiger partial charge in [0.1, 0.15) is 7.05 Å². The van der Waals surface area contributed by atoms with Gasteiger partial charge in [-0.2, -0.15) is 0 Å². The molecule has 2 aromatic heterocycles. The molecule has 0 radical (unpaired) electrons. The van der Waals surface area contributed by atoms with Crippen molar-refractivity contribution in [3.05, 3.63) is 90.1 Å². The van der Waals surface area contributed by atoms with E-state index in [1.54, 1.807) is 0 Å². The molecule has 3 aromatic carbocycles. The molecule has 1 aliphatic rings. The number of pyridine rings is 1. The number of thiophene rings is 1. The van der Waals surface area contributed by atoms with Crippen LogP contribution in [-0.4, -0.2) is 0 Å². The van der Waals surface area contributed by atoms with Crippen molar-refractivity contribution in [3.63, 3.8) is 0 Å². The van der Waals surface area contributed by atoms with Crippen LogP contribution in [0.15, 0.2) is 79.0 Å². The molecule has 0 saturated heterocycles. The zero-order chi connectivity index (χ0) is 23.3. The maximum atomic E-state index is 8.96. The SMILES string of the molecule is [2H]C1(c2ccc(-c3cc[n+](C)c(-c4c(C)ccc5c4sc4ccccc45)c3)cc2)CCCCC1. The molecule has 1 nitrogen and oxygen atoms in total. The van der Waals surface area contributed by atoms with Crippen molar-refractivity contribution < 1.29 is 5.94 Å². The number of nitrogens with zero attached hydrogens (tertiary/aromatic N) is 1. The minimum Gasteiger partial charge on any atom is -0.201 e. The van der Waals surface area contributed by atoms with Crippen molar-refractivity contribution in [1.29, 1.82) is 0 Å². The third-order valence-electron chi connectivity index (χ3n) is 7.24. The van der Waals surface area contributed by atoms with Gasteiger partial charge in [0, 0.05) is 33.7 Å². The van der Waals surface area contributed by atoms with Gasteiger partial charge in [-0.15, -0.1) is 11.3 Å². The Balaban J connectivity index is 1.45. The summed E-state index contributed by atoms with van der Waals surface area (Å²) in [6.07, 6.45) is 7.76. The summed E-state index contributed by atoms with van der Waals surface area (Å²) in [6.45, 7) is 2.22. The van der Waals surface area contributed by atoms with Crippen LogP contribution < -0.4 is 4.57 Å². The Morgan fingerprint density at radius 2 is 1.64 bits per heavy atom. The molecule has 0 aliphatic heterocycles. The first-order chi connectivity index (χ1) is 16.5. The summed E-state index contributed by atoms with van der Waals surface area (Å²) < 4.78 is 13.9. The Morgan fingerprint density at radius 1 is 0.848 bits per heavy atom. The molecule has 0 unspecified atom stereocenters. The highest BCUT2D eigenvalue weighted by Gasteiger charge is 2.20. The van der Waals surface area contributed by atoms with Crippen molar-refractivity contribution in [3.8, 4) is 22.4 Å². The highest BCUT2D eigenvalue weighted by atomic mass is 32.1. The number of hydrogen-bond donors (Lipinski definition) is 0. The van der Waals surface area contributed by atoms with Gasteiger partial charge in [0.05, 0.1) is 5.56 Å². The first-order valence-electron chi connectivity index (χ1n) is 12.6. The molecule has 0 spiro atoms. The molecule has 5 aromatic rings. The third-order valence-corrected chi connectivity index (χ3v) is 8.45. The second kappa shape index (κ2) is 8.43. The van der Waals surface area contributed by atoms with Crippen LogP contribution in [0.4, 0.5) is 0 Å². The number of benzene rings is 3. The van der Waals surface area contributed by atoms with Gasteiger partial charge in [-0.3, -0.25) is 0 Å². The van der Waals surface area contributed by atoms with E-state index < -0.39 is 5.89 Å². The molecule has 1 saturated carbocycles. The van der Waals surface area contributed by atoms with Gasteiger partial charge in [0.2, 0.25) is 5.69 Å². The van der Waals surface area contributed by atoms with Crippen molar-refractivity contribution in [2.24, 2.45) is 7.05 Å². The lowest BCUT2D eigenvalue weighted by Gasteiger charge is -2.22. The van der Waals surface area contributed by atoms with E-state index in [1.807, 2.05) is 11.3 Å². The van der Waals surface area contributed by atoms with Crippen LogP contribution in [0.2, 0.25) is 0 Å². The van der Waals surface area contributed by atoms with E-state index in [-0.39, 0.29) is 0 Å². The van der Waals surface area contributed by atoms with E-state index in [1.165, 1.54) is 72.9 Å². The van der Waals surface area contributed by atoms with E-state index in [4.69, 9.17) is 1.37 Å². The zero-order valence-electron chi connectivity index (χ0n) is 20.4. The Bertz CT molecular complexity index is 1510. The molecule has 164 valence electrons. The molecular weight excluding hydrogens is 418 g/mol. The summed E-state index contributed by atoms with van der Waals surface area (Å²) in [6, 6.07) is 26.6. The lowest BCUT2D eigenvalue weighted by atomic mass is 9.83. The Labute approximate surface area is 201 Å². The van der Waals surface area contributed by atoms with Gasteiger partial charge < -0.3 is 0 Å². The van der Waals surface area contributed by atoms with Gasteiger partial charge in [-0.05, 0) is 54.0 Å². The maximum absolute atomic E-state index is 8.96. The molecule has 2 heterocycles. The summed E-state index contributed by atoms with van der Waals surface area (Å²) in [5.74, 6) is -0.404. The molecular formula is C31H30NS+. The summed E-state index contributed by atoms with van der Waals surface area (Å²) in [4.78, 5) is 0. The fourth-order valence-electron chi connectivity index (χ4n) is 5.37. The van der Waals surface area contributed by atoms with Crippen LogP contribution in [0, 0.1) is 6.92 Å². The largest absolute Gasteiger partial charge is 0.214 e. The quantitative estimate of drug-likeness (QED) is 0.243. The van der Waals surface area contributed by atoms with Crippen LogP contribution in [0.1, 0.15) is 50.5 Å². The van der Waals surface area contributed by atoms with Crippen molar-refractivity contribution >= 4 is 31.5 Å². The number of fused-ring (bicyclic) bond motifs is 3. The molecule has 1 fully saturated rings. The summed E-state index contributed by atoms with van der Waals surface area (Å²) in [5, 5.41) is 2.68. The molecule has 0 N–H and O–H groups in total. The van der Waals surface area contributed by atoms with Gasteiger partial charge in [0.25, 0.3) is 0 Å². The average molecular weight is 450 g/mol. The van der Waals surface area contributed by atoms with E-state index in [0.29, 0.717) is 0 Å². The van der Waals surface area contributed by atoms with Crippen molar-refractivity contribution in [2.45, 2.75) is 44.9 Å². The summed E-state index contributed by atoms with van der Waals surface area (Å²) in [7, 11) is 2.14. The van der Waals surface area contributed by atoms with Gasteiger partial charge in [-0.25, -0.2) is 4.57 Å². The number of rotatable bonds is 3. The molecule has 0 atom stereocenters. The van der Waals surface area contributed by atoms with E-state index in [9.17, 15) is 0 Å². The minimum absolute atomic E-state index is 0.404. The lowest BCUT2D eigenvalue weighted by Crippen LogP contribution is -2.30. The van der Waals surface area contributed by atoms with Crippen LogP contribution in [0.5, 0.6) is 0 Å². The Kier molecular flexibility index (Phi) is 4.98. The average Bonchev–Trinajstić information content (AvgIpc) is 3.24. The lowest BCUT2D eigenvalue weighted by molar-refractivity contribution is -0.660. The Morgan fingerprint density at radius 3 is 2.45 bits per heavy atom. The smallest absolute Gasteiger partial charge is 0.201 e. The van der Waals surface area contributed by atoms with Gasteiger partial charge in [0.15, 0.2) is 6.20 Å². The fraction of sp³-hybridized carbons (Fsp3) is 0.258. The van der Waals surface area contributed by atoms with Gasteiger partial charge >= 0.3 is 0 Å². The Hall–Kier alpha value is -2.97. The van der Waals surface area contributed by atoms with Crippen LogP contribution in [0.3, 0.4) is 0 Å². The predicted octanol–water partition coefficient (Wildman–Crippen LogP) is 8.57. The molecule has 1 aliphatic carbocycles. The highest BCUT2D eigenvalue weighted by molar-refractivity contribution is 7.26. The van der Waals surface area contributed by atoms with E-state index in [2.05, 4.69) is 97.5 Å². The minimum atomic E-state index is -0.404. The maximum Gasteiger partial charge on any atom is 0.214 e. The molecule has 2 heteroatoms. The van der Waals surface area contributed by atoms with Crippen LogP contribution >= 0.6 is 11.3 Å². The third kappa shape index (κ3) is 3.67. The fourth-order valence-corrected chi connectivity index (χ4v) is 6.68. The monoisotopic (exact) mass is 449 g/mol. The summed E-state index contributed by atoms with van der Waals surface area (Å²) >= 11 is 1.89. The second-order valence-corrected chi connectivity index (χ2v) is 10.4. The molecule has 6 rings (SSSR count). The standard InChI is InChI=1S/C31H30NS/c1-21-12-17-27-26-10-6-7-11-29(26)33-31(27)30(21)28-20-25(18-19-32(28)2)24-15-13-23(14-16-24)22-8-4-3-5-9-22/h6-7,10-20,22H,3-5,8-9H2,1-2H3/q+1/i22D. The van der Waals surface area contributed by atoms with Gasteiger partial charge in [-0.1, -0.05) is 73.9 Å². The van der Waals surface area contributed by atoms with E-state index >= 15 is 0 Å². The molecule has 0 bridgehead atoms. The van der Waals surface area contributed by atoms with Crippen molar-refractivity contribution in [2.75, 3.05) is 0 Å². The summed E-state index contributed by atoms with van der Waals surface area (Å²) in [5.41, 5.74) is 7.47. The van der Waals surface area contributed by atoms with Crippen molar-refractivity contribution in [1.82, 2.24) is 0 Å². The number of aryl methyl sites for hydroxylation is 2. The number of hydrogen-bond acceptors (Lipinski definition) is 1. The highest BCUT2D eigenvalue weighted by Crippen LogP contribution is 2.41. The van der Waals surface area contributed by atoms with E-state index in [0.717, 1.165) is 12.8 Å². The number of aromatic nitrogens is 1. The molecule has 0 amide bonds. The first-order valence-corrected chi connectivity index (χ1v) is 12.9. The topological polar surface area (TPSA) is 3.88 Å². The van der Waals surface area contributed by atoms with Crippen LogP contribution in [-0.2, 0) is 7.05 Å². The predicted molar refractivity (Wildman–Crippen MR) is 142 cm³/mol. The van der Waals surface area contributed by atoms with Crippen LogP contribution in [0.25, 0.3) is 42.6 Å². The zero-order valence-corrected chi connectivity index (χ0v) is 20.2. The normalized spacial score (nSPS) is 16.2. The second-order valence-electron chi connectivity index (χ2n) is 9.39. The molecule has 33 heavy (non-hydrogen) atoms.